The van der Waals surface area contributed by atoms with E-state index in [1.54, 1.807) is 36.4 Å². The third kappa shape index (κ3) is 3.96. The second-order valence-corrected chi connectivity index (χ2v) is 7.90. The van der Waals surface area contributed by atoms with Crippen molar-refractivity contribution < 1.29 is 23.1 Å². The van der Waals surface area contributed by atoms with Gasteiger partial charge in [-0.05, 0) is 61.4 Å². The van der Waals surface area contributed by atoms with Crippen molar-refractivity contribution in [3.8, 4) is 5.69 Å². The van der Waals surface area contributed by atoms with Gasteiger partial charge in [0.05, 0.1) is 22.9 Å². The Labute approximate surface area is 193 Å². The molecule has 0 spiro atoms. The highest BCUT2D eigenvalue weighted by molar-refractivity contribution is 5.95. The Balaban J connectivity index is 1.44. The number of rotatable bonds is 5. The third-order valence-electron chi connectivity index (χ3n) is 5.79. The van der Waals surface area contributed by atoms with E-state index in [1.165, 1.54) is 40.0 Å². The summed E-state index contributed by atoms with van der Waals surface area (Å²) < 4.78 is 25.5. The summed E-state index contributed by atoms with van der Waals surface area (Å²) in [6.45, 7) is 0.114. The summed E-state index contributed by atoms with van der Waals surface area (Å²) in [5.74, 6) is -1.07. The molecule has 4 aromatic rings. The number of fused-ring (bicyclic) bond motifs is 1. The minimum Gasteiger partial charge on any atom is -0.459 e. The Morgan fingerprint density at radius 3 is 2.65 bits per heavy atom. The summed E-state index contributed by atoms with van der Waals surface area (Å²) in [6, 6.07) is 14.6. The summed E-state index contributed by atoms with van der Waals surface area (Å²) in [6.07, 6.45) is 2.51. The zero-order valence-electron chi connectivity index (χ0n) is 18.0. The van der Waals surface area contributed by atoms with Crippen molar-refractivity contribution in [2.75, 3.05) is 6.54 Å². The maximum absolute atomic E-state index is 13.5. The summed E-state index contributed by atoms with van der Waals surface area (Å²) in [5.41, 5.74) is 0.484. The molecule has 0 bridgehead atoms. The van der Waals surface area contributed by atoms with Crippen LogP contribution in [-0.2, 0) is 16.1 Å². The molecule has 9 heteroatoms. The normalized spacial score (nSPS) is 15.6. The number of hydrogen-bond acceptors (Lipinski definition) is 6. The van der Waals surface area contributed by atoms with Crippen LogP contribution in [0.15, 0.2) is 76.1 Å². The molecule has 5 rings (SSSR count). The van der Waals surface area contributed by atoms with Gasteiger partial charge in [0.25, 0.3) is 11.5 Å². The van der Waals surface area contributed by atoms with Gasteiger partial charge in [-0.15, -0.1) is 0 Å². The molecule has 0 saturated carbocycles. The van der Waals surface area contributed by atoms with E-state index in [0.717, 1.165) is 0 Å². The van der Waals surface area contributed by atoms with E-state index in [2.05, 4.69) is 4.98 Å². The van der Waals surface area contributed by atoms with E-state index in [9.17, 15) is 18.8 Å². The highest BCUT2D eigenvalue weighted by Gasteiger charge is 2.36. The number of benzene rings is 2. The van der Waals surface area contributed by atoms with Gasteiger partial charge in [-0.25, -0.2) is 14.2 Å². The number of carbonyl (C=O) groups excluding carboxylic acids is 2. The fraction of sp³-hybridized carbons (Fsp3) is 0.200. The van der Waals surface area contributed by atoms with Crippen LogP contribution in [0.4, 0.5) is 4.39 Å². The predicted molar refractivity (Wildman–Crippen MR) is 120 cm³/mol. The van der Waals surface area contributed by atoms with Crippen molar-refractivity contribution in [3.63, 3.8) is 0 Å². The number of carbonyl (C=O) groups is 2. The summed E-state index contributed by atoms with van der Waals surface area (Å²) >= 11 is 0. The van der Waals surface area contributed by atoms with Gasteiger partial charge in [-0.3, -0.25) is 14.2 Å². The Morgan fingerprint density at radius 2 is 1.88 bits per heavy atom. The van der Waals surface area contributed by atoms with Gasteiger partial charge in [0.2, 0.25) is 0 Å². The Hall–Kier alpha value is -4.27. The van der Waals surface area contributed by atoms with Crippen molar-refractivity contribution in [3.05, 3.63) is 94.7 Å². The molecule has 1 aliphatic heterocycles. The summed E-state index contributed by atoms with van der Waals surface area (Å²) in [7, 11) is 0. The standard InChI is InChI=1S/C25H20FN3O5/c26-16-9-11-17(12-10-16)29-22(27-19-6-2-1-5-18(19)23(29)30)15-34-25(32)20-7-3-13-28(20)24(31)21-8-4-14-33-21/h1-2,4-6,8-12,14,20H,3,7,13,15H2/t20-/m0/s1. The van der Waals surface area contributed by atoms with Gasteiger partial charge >= 0.3 is 5.97 Å². The highest BCUT2D eigenvalue weighted by Crippen LogP contribution is 2.22. The average molecular weight is 461 g/mol. The predicted octanol–water partition coefficient (Wildman–Crippen LogP) is 3.47. The SMILES string of the molecule is O=C(OCc1nc2ccccc2c(=O)n1-c1ccc(F)cc1)[C@@H]1CCCN1C(=O)c1ccco1. The van der Waals surface area contributed by atoms with Crippen molar-refractivity contribution in [1.82, 2.24) is 14.5 Å². The van der Waals surface area contributed by atoms with E-state index < -0.39 is 17.8 Å². The van der Waals surface area contributed by atoms with Crippen LogP contribution in [0.2, 0.25) is 0 Å². The molecule has 2 aromatic heterocycles. The van der Waals surface area contributed by atoms with Gasteiger partial charge in [0, 0.05) is 6.54 Å². The quantitative estimate of drug-likeness (QED) is 0.423. The fourth-order valence-corrected chi connectivity index (χ4v) is 4.16. The third-order valence-corrected chi connectivity index (χ3v) is 5.79. The number of hydrogen-bond donors (Lipinski definition) is 0. The Kier molecular flexibility index (Phi) is 5.67. The van der Waals surface area contributed by atoms with E-state index >= 15 is 0 Å². The lowest BCUT2D eigenvalue weighted by Gasteiger charge is -2.22. The molecule has 1 amide bonds. The molecule has 0 radical (unpaired) electrons. The first kappa shape index (κ1) is 21.6. The molecular formula is C25H20FN3O5. The van der Waals surface area contributed by atoms with Gasteiger partial charge in [-0.1, -0.05) is 12.1 Å². The van der Waals surface area contributed by atoms with E-state index in [4.69, 9.17) is 9.15 Å². The molecule has 34 heavy (non-hydrogen) atoms. The number of amides is 1. The van der Waals surface area contributed by atoms with Crippen LogP contribution in [0.1, 0.15) is 29.2 Å². The number of halogens is 1. The molecule has 1 saturated heterocycles. The molecule has 172 valence electrons. The highest BCUT2D eigenvalue weighted by atomic mass is 19.1. The number of ether oxygens (including phenoxy) is 1. The van der Waals surface area contributed by atoms with E-state index in [0.29, 0.717) is 36.0 Å². The van der Waals surface area contributed by atoms with Crippen LogP contribution in [0.25, 0.3) is 16.6 Å². The number of esters is 1. The minimum absolute atomic E-state index is 0.154. The lowest BCUT2D eigenvalue weighted by atomic mass is 10.2. The number of aromatic nitrogens is 2. The molecule has 0 N–H and O–H groups in total. The lowest BCUT2D eigenvalue weighted by Crippen LogP contribution is -2.41. The van der Waals surface area contributed by atoms with E-state index in [1.807, 2.05) is 0 Å². The van der Waals surface area contributed by atoms with Crippen LogP contribution < -0.4 is 5.56 Å². The lowest BCUT2D eigenvalue weighted by molar-refractivity contribution is -0.149. The second-order valence-electron chi connectivity index (χ2n) is 7.90. The molecule has 1 aliphatic rings. The Morgan fingerprint density at radius 1 is 1.09 bits per heavy atom. The van der Waals surface area contributed by atoms with Crippen molar-refractivity contribution in [2.45, 2.75) is 25.5 Å². The molecule has 0 unspecified atom stereocenters. The van der Waals surface area contributed by atoms with Crippen LogP contribution in [0.3, 0.4) is 0 Å². The van der Waals surface area contributed by atoms with E-state index in [-0.39, 0.29) is 29.7 Å². The van der Waals surface area contributed by atoms with Gasteiger partial charge in [0.15, 0.2) is 11.6 Å². The van der Waals surface area contributed by atoms with Crippen LogP contribution in [0.5, 0.6) is 0 Å². The molecular weight excluding hydrogens is 441 g/mol. The number of furan rings is 1. The van der Waals surface area contributed by atoms with Gasteiger partial charge in [0.1, 0.15) is 18.5 Å². The first-order chi connectivity index (χ1) is 16.5. The number of para-hydroxylation sites is 1. The van der Waals surface area contributed by atoms with Crippen LogP contribution in [0, 0.1) is 5.82 Å². The van der Waals surface area contributed by atoms with Crippen LogP contribution >= 0.6 is 0 Å². The van der Waals surface area contributed by atoms with Gasteiger partial charge < -0.3 is 14.1 Å². The monoisotopic (exact) mass is 461 g/mol. The molecule has 0 aliphatic carbocycles. The van der Waals surface area contributed by atoms with Crippen LogP contribution in [-0.4, -0.2) is 38.9 Å². The molecule has 1 atom stereocenters. The first-order valence-electron chi connectivity index (χ1n) is 10.8. The molecule has 3 heterocycles. The fourth-order valence-electron chi connectivity index (χ4n) is 4.16. The zero-order valence-corrected chi connectivity index (χ0v) is 18.0. The van der Waals surface area contributed by atoms with Crippen molar-refractivity contribution in [1.29, 1.82) is 0 Å². The number of likely N-dealkylation sites (tertiary alicyclic amines) is 1. The van der Waals surface area contributed by atoms with Crippen molar-refractivity contribution in [2.24, 2.45) is 0 Å². The first-order valence-corrected chi connectivity index (χ1v) is 10.8. The smallest absolute Gasteiger partial charge is 0.329 e. The minimum atomic E-state index is -0.760. The maximum atomic E-state index is 13.5. The van der Waals surface area contributed by atoms with Gasteiger partial charge in [-0.2, -0.15) is 0 Å². The molecule has 8 nitrogen and oxygen atoms in total. The maximum Gasteiger partial charge on any atom is 0.329 e. The topological polar surface area (TPSA) is 94.6 Å². The summed E-state index contributed by atoms with van der Waals surface area (Å²) in [4.78, 5) is 44.8. The largest absolute Gasteiger partial charge is 0.459 e. The Bertz CT molecular complexity index is 1410. The molecule has 1 fully saturated rings. The average Bonchev–Trinajstić information content (AvgIpc) is 3.56. The molecule has 2 aromatic carbocycles. The zero-order chi connectivity index (χ0) is 23.7. The van der Waals surface area contributed by atoms with Crippen molar-refractivity contribution >= 4 is 22.8 Å². The summed E-state index contributed by atoms with van der Waals surface area (Å²) in [5, 5.41) is 0.382. The number of nitrogens with zero attached hydrogens (tertiary/aromatic N) is 3. The second kappa shape index (κ2) is 8.93.